The first kappa shape index (κ1) is 18.6. The molecule has 0 aromatic carbocycles. The van der Waals surface area contributed by atoms with Gasteiger partial charge in [-0.2, -0.15) is 9.97 Å². The van der Waals surface area contributed by atoms with Crippen LogP contribution >= 0.6 is 11.3 Å². The van der Waals surface area contributed by atoms with Gasteiger partial charge in [-0.15, -0.1) is 11.3 Å². The van der Waals surface area contributed by atoms with Gasteiger partial charge >= 0.3 is 6.01 Å². The number of anilines is 1. The Hall–Kier alpha value is -2.78. The fourth-order valence-corrected chi connectivity index (χ4v) is 3.92. The van der Waals surface area contributed by atoms with Gasteiger partial charge in [0.2, 0.25) is 11.8 Å². The highest BCUT2D eigenvalue weighted by molar-refractivity contribution is 7.13. The molecule has 0 aliphatic carbocycles. The lowest BCUT2D eigenvalue weighted by Gasteiger charge is -2.30. The van der Waals surface area contributed by atoms with Gasteiger partial charge in [-0.1, -0.05) is 6.07 Å². The van der Waals surface area contributed by atoms with Crippen LogP contribution in [0, 0.1) is 0 Å². The van der Waals surface area contributed by atoms with Crippen molar-refractivity contribution in [2.45, 2.75) is 18.9 Å². The minimum atomic E-state index is -0.349. The fourth-order valence-electron chi connectivity index (χ4n) is 3.19. The topological polar surface area (TPSA) is 93.5 Å². The van der Waals surface area contributed by atoms with Crippen LogP contribution in [0.1, 0.15) is 12.8 Å². The number of aliphatic hydroxyl groups excluding tert-OH is 1. The van der Waals surface area contributed by atoms with Gasteiger partial charge in [0, 0.05) is 30.9 Å². The molecule has 0 radical (unpaired) electrons. The molecular formula is C19H21N5O3S. The highest BCUT2D eigenvalue weighted by Crippen LogP contribution is 2.35. The number of nitrogens with zero attached hydrogens (tertiary/aromatic N) is 5. The molecule has 28 heavy (non-hydrogen) atoms. The molecule has 1 aliphatic heterocycles. The smallest absolute Gasteiger partial charge is 0.320 e. The quantitative estimate of drug-likeness (QED) is 0.700. The third-order valence-corrected chi connectivity index (χ3v) is 5.44. The first-order valence-corrected chi connectivity index (χ1v) is 9.87. The molecule has 1 fully saturated rings. The molecule has 4 rings (SSSR count). The van der Waals surface area contributed by atoms with Crippen molar-refractivity contribution in [1.29, 1.82) is 0 Å². The molecule has 1 unspecified atom stereocenters. The second-order valence-electron chi connectivity index (χ2n) is 6.43. The summed E-state index contributed by atoms with van der Waals surface area (Å²) in [5.74, 6) is 1.01. The molecule has 0 bridgehead atoms. The zero-order chi connectivity index (χ0) is 19.5. The minimum Gasteiger partial charge on any atom is -0.481 e. The minimum absolute atomic E-state index is 0.217. The van der Waals surface area contributed by atoms with Gasteiger partial charge in [0.05, 0.1) is 36.6 Å². The van der Waals surface area contributed by atoms with E-state index in [1.165, 1.54) is 7.11 Å². The zero-order valence-electron chi connectivity index (χ0n) is 15.7. The van der Waals surface area contributed by atoms with Gasteiger partial charge in [0.25, 0.3) is 0 Å². The SMILES string of the molecule is COc1cc(-c2cnc(N3CCCC(O)C3)nc2-c2cccs2)nc(OC)n1. The summed E-state index contributed by atoms with van der Waals surface area (Å²) in [6.07, 6.45) is 3.14. The molecule has 3 aromatic rings. The zero-order valence-corrected chi connectivity index (χ0v) is 16.5. The van der Waals surface area contributed by atoms with Gasteiger partial charge in [-0.25, -0.2) is 9.97 Å². The number of hydrogen-bond acceptors (Lipinski definition) is 9. The standard InChI is InChI=1S/C19H21N5O3S/c1-26-16-9-14(21-19(22-16)27-2)13-10-20-18(24-7-3-5-12(25)11-24)23-17(13)15-6-4-8-28-15/h4,6,8-10,12,25H,3,5,7,11H2,1-2H3. The number of aliphatic hydroxyl groups is 1. The molecule has 1 aliphatic rings. The second kappa shape index (κ2) is 8.07. The van der Waals surface area contributed by atoms with Crippen LogP contribution in [0.25, 0.3) is 21.8 Å². The predicted octanol–water partition coefficient (Wildman–Crippen LogP) is 2.64. The number of thiophene rings is 1. The average Bonchev–Trinajstić information content (AvgIpc) is 3.27. The van der Waals surface area contributed by atoms with Crippen LogP contribution in [0.15, 0.2) is 29.8 Å². The molecule has 146 valence electrons. The van der Waals surface area contributed by atoms with Crippen molar-refractivity contribution in [3.63, 3.8) is 0 Å². The van der Waals surface area contributed by atoms with Crippen molar-refractivity contribution in [2.75, 3.05) is 32.2 Å². The third-order valence-electron chi connectivity index (χ3n) is 4.56. The number of methoxy groups -OCH3 is 2. The monoisotopic (exact) mass is 399 g/mol. The second-order valence-corrected chi connectivity index (χ2v) is 7.38. The average molecular weight is 399 g/mol. The summed E-state index contributed by atoms with van der Waals surface area (Å²) in [5.41, 5.74) is 2.17. The summed E-state index contributed by atoms with van der Waals surface area (Å²) >= 11 is 1.60. The number of hydrogen-bond donors (Lipinski definition) is 1. The van der Waals surface area contributed by atoms with E-state index < -0.39 is 0 Å². The van der Waals surface area contributed by atoms with Crippen molar-refractivity contribution in [1.82, 2.24) is 19.9 Å². The molecule has 8 nitrogen and oxygen atoms in total. The fraction of sp³-hybridized carbons (Fsp3) is 0.368. The Morgan fingerprint density at radius 2 is 2.11 bits per heavy atom. The predicted molar refractivity (Wildman–Crippen MR) is 107 cm³/mol. The van der Waals surface area contributed by atoms with E-state index in [1.807, 2.05) is 22.4 Å². The first-order valence-electron chi connectivity index (χ1n) is 8.99. The Morgan fingerprint density at radius 3 is 2.82 bits per heavy atom. The molecule has 0 spiro atoms. The summed E-state index contributed by atoms with van der Waals surface area (Å²) < 4.78 is 10.5. The lowest BCUT2D eigenvalue weighted by Crippen LogP contribution is -2.39. The largest absolute Gasteiger partial charge is 0.481 e. The van der Waals surface area contributed by atoms with Crippen molar-refractivity contribution < 1.29 is 14.6 Å². The molecule has 0 amide bonds. The van der Waals surface area contributed by atoms with Crippen molar-refractivity contribution in [2.24, 2.45) is 0 Å². The van der Waals surface area contributed by atoms with E-state index in [2.05, 4.69) is 15.0 Å². The van der Waals surface area contributed by atoms with Crippen LogP contribution in [-0.4, -0.2) is 58.5 Å². The van der Waals surface area contributed by atoms with Gasteiger partial charge in [0.1, 0.15) is 0 Å². The molecule has 9 heteroatoms. The Kier molecular flexibility index (Phi) is 5.36. The lowest BCUT2D eigenvalue weighted by atomic mass is 10.1. The molecule has 0 saturated carbocycles. The van der Waals surface area contributed by atoms with E-state index in [0.717, 1.165) is 35.5 Å². The number of rotatable bonds is 5. The lowest BCUT2D eigenvalue weighted by molar-refractivity contribution is 0.153. The summed E-state index contributed by atoms with van der Waals surface area (Å²) in [6, 6.07) is 5.95. The van der Waals surface area contributed by atoms with E-state index >= 15 is 0 Å². The van der Waals surface area contributed by atoms with Crippen LogP contribution in [0.4, 0.5) is 5.95 Å². The third kappa shape index (κ3) is 3.76. The summed E-state index contributed by atoms with van der Waals surface area (Å²) in [4.78, 5) is 21.0. The van der Waals surface area contributed by atoms with Gasteiger partial charge in [-0.05, 0) is 24.3 Å². The highest BCUT2D eigenvalue weighted by Gasteiger charge is 2.22. The summed E-state index contributed by atoms with van der Waals surface area (Å²) in [6.45, 7) is 1.37. The Bertz CT molecular complexity index is 928. The van der Waals surface area contributed by atoms with E-state index in [-0.39, 0.29) is 12.1 Å². The number of ether oxygens (including phenoxy) is 2. The first-order chi connectivity index (χ1) is 13.7. The van der Waals surface area contributed by atoms with E-state index in [0.29, 0.717) is 24.1 Å². The molecule has 3 aromatic heterocycles. The van der Waals surface area contributed by atoms with Crippen LogP contribution in [0.2, 0.25) is 0 Å². The molecule has 1 saturated heterocycles. The maximum atomic E-state index is 10.0. The van der Waals surface area contributed by atoms with Gasteiger partial charge in [0.15, 0.2) is 0 Å². The van der Waals surface area contributed by atoms with E-state index in [9.17, 15) is 5.11 Å². The summed E-state index contributed by atoms with van der Waals surface area (Å²) in [5, 5.41) is 12.0. The van der Waals surface area contributed by atoms with Crippen LogP contribution in [0.5, 0.6) is 11.9 Å². The Balaban J connectivity index is 1.81. The van der Waals surface area contributed by atoms with Crippen LogP contribution < -0.4 is 14.4 Å². The van der Waals surface area contributed by atoms with Gasteiger partial charge < -0.3 is 19.5 Å². The Labute approximate surface area is 166 Å². The molecule has 1 N–H and O–H groups in total. The number of piperidine rings is 1. The van der Waals surface area contributed by atoms with Crippen LogP contribution in [0.3, 0.4) is 0 Å². The molecule has 1 atom stereocenters. The van der Waals surface area contributed by atoms with Gasteiger partial charge in [-0.3, -0.25) is 0 Å². The maximum absolute atomic E-state index is 10.0. The maximum Gasteiger partial charge on any atom is 0.320 e. The normalized spacial score (nSPS) is 16.8. The number of aromatic nitrogens is 4. The van der Waals surface area contributed by atoms with Crippen molar-refractivity contribution in [3.8, 4) is 33.7 Å². The number of β-amino-alcohol motifs (C(OH)–C–C–N with tert-alkyl or cyclic N) is 1. The van der Waals surface area contributed by atoms with Crippen molar-refractivity contribution in [3.05, 3.63) is 29.8 Å². The summed E-state index contributed by atoms with van der Waals surface area (Å²) in [7, 11) is 3.06. The van der Waals surface area contributed by atoms with Crippen molar-refractivity contribution >= 4 is 17.3 Å². The van der Waals surface area contributed by atoms with Crippen LogP contribution in [-0.2, 0) is 0 Å². The molecule has 4 heterocycles. The highest BCUT2D eigenvalue weighted by atomic mass is 32.1. The Morgan fingerprint density at radius 1 is 1.21 bits per heavy atom. The van der Waals surface area contributed by atoms with E-state index in [4.69, 9.17) is 14.5 Å². The van der Waals surface area contributed by atoms with E-state index in [1.54, 1.807) is 30.7 Å². The molecular weight excluding hydrogens is 378 g/mol.